The molecule has 4 aromatic carbocycles. The highest BCUT2D eigenvalue weighted by atomic mass is 16.5. The van der Waals surface area contributed by atoms with Gasteiger partial charge in [-0.2, -0.15) is 0 Å². The molecule has 2 heterocycles. The van der Waals surface area contributed by atoms with Crippen LogP contribution in [0.5, 0.6) is 11.5 Å². The van der Waals surface area contributed by atoms with Gasteiger partial charge in [-0.05, 0) is 69.0 Å². The van der Waals surface area contributed by atoms with Crippen molar-refractivity contribution < 1.29 is 19.1 Å². The summed E-state index contributed by atoms with van der Waals surface area (Å²) < 4.78 is 15.1. The van der Waals surface area contributed by atoms with Crippen LogP contribution < -0.4 is 9.47 Å². The maximum atomic E-state index is 13.3. The van der Waals surface area contributed by atoms with Gasteiger partial charge in [0.05, 0.1) is 25.3 Å². The molecule has 0 bridgehead atoms. The third-order valence-electron chi connectivity index (χ3n) is 10.6. The highest BCUT2D eigenvalue weighted by molar-refractivity contribution is 6.10. The number of aromatic nitrogens is 2. The molecule has 1 aliphatic rings. The number of rotatable bonds is 12. The zero-order valence-corrected chi connectivity index (χ0v) is 31.6. The summed E-state index contributed by atoms with van der Waals surface area (Å²) in [4.78, 5) is 30.2. The smallest absolute Gasteiger partial charge is 0.242 e. The number of carbonyl (C=O) groups is 2. The third-order valence-corrected chi connectivity index (χ3v) is 10.6. The second-order valence-electron chi connectivity index (χ2n) is 13.8. The number of fused-ring (bicyclic) bond motifs is 6. The van der Waals surface area contributed by atoms with E-state index in [1.165, 1.54) is 35.4 Å². The van der Waals surface area contributed by atoms with E-state index in [1.807, 2.05) is 47.4 Å². The molecule has 1 aliphatic carbocycles. The number of methoxy groups -OCH3 is 2. The predicted molar refractivity (Wildman–Crippen MR) is 213 cm³/mol. The fourth-order valence-corrected chi connectivity index (χ4v) is 8.05. The molecule has 52 heavy (non-hydrogen) atoms. The SMILES string of the molecule is CCCN(CCC)C(=O)Cn1c2ccccc2c2ccc(OC)cc21.CCN(C(=O)Cn1c2ccccc2c2ccc(OC)cc21)C1CCCCC1. The lowest BCUT2D eigenvalue weighted by Gasteiger charge is -2.34. The van der Waals surface area contributed by atoms with E-state index in [0.717, 1.165) is 84.3 Å². The van der Waals surface area contributed by atoms with E-state index in [2.05, 4.69) is 77.3 Å². The van der Waals surface area contributed by atoms with Gasteiger partial charge in [-0.15, -0.1) is 0 Å². The number of carbonyl (C=O) groups excluding carboxylic acids is 2. The minimum atomic E-state index is 0.175. The Morgan fingerprint density at radius 3 is 1.54 bits per heavy atom. The molecular formula is C44H54N4O4. The number of para-hydroxylation sites is 2. The lowest BCUT2D eigenvalue weighted by atomic mass is 9.94. The van der Waals surface area contributed by atoms with Crippen molar-refractivity contribution in [1.29, 1.82) is 0 Å². The Labute approximate surface area is 307 Å². The van der Waals surface area contributed by atoms with Gasteiger partial charge in [-0.25, -0.2) is 0 Å². The van der Waals surface area contributed by atoms with Crippen LogP contribution in [0.4, 0.5) is 0 Å². The van der Waals surface area contributed by atoms with E-state index in [-0.39, 0.29) is 11.8 Å². The van der Waals surface area contributed by atoms with E-state index < -0.39 is 0 Å². The van der Waals surface area contributed by atoms with Crippen LogP contribution in [0.25, 0.3) is 43.6 Å². The normalized spacial score (nSPS) is 13.3. The lowest BCUT2D eigenvalue weighted by molar-refractivity contribution is -0.134. The average Bonchev–Trinajstić information content (AvgIpc) is 3.66. The Morgan fingerprint density at radius 2 is 1.08 bits per heavy atom. The van der Waals surface area contributed by atoms with Crippen LogP contribution in [0.1, 0.15) is 65.7 Å². The Balaban J connectivity index is 0.000000179. The molecule has 2 amide bonds. The van der Waals surface area contributed by atoms with Crippen molar-refractivity contribution in [1.82, 2.24) is 18.9 Å². The van der Waals surface area contributed by atoms with Gasteiger partial charge in [-0.1, -0.05) is 69.5 Å². The number of benzene rings is 4. The summed E-state index contributed by atoms with van der Waals surface area (Å²) in [6.45, 7) is 9.47. The molecule has 6 aromatic rings. The number of hydrogen-bond acceptors (Lipinski definition) is 4. The topological polar surface area (TPSA) is 68.9 Å². The van der Waals surface area contributed by atoms with Gasteiger partial charge in [0, 0.05) is 70.4 Å². The van der Waals surface area contributed by atoms with Gasteiger partial charge < -0.3 is 28.4 Å². The summed E-state index contributed by atoms with van der Waals surface area (Å²) in [5.74, 6) is 2.02. The fourth-order valence-electron chi connectivity index (χ4n) is 8.05. The molecule has 0 radical (unpaired) electrons. The highest BCUT2D eigenvalue weighted by Gasteiger charge is 2.25. The predicted octanol–water partition coefficient (Wildman–Crippen LogP) is 9.44. The highest BCUT2D eigenvalue weighted by Crippen LogP contribution is 2.33. The Bertz CT molecular complexity index is 2130. The molecule has 8 heteroatoms. The van der Waals surface area contributed by atoms with Crippen molar-refractivity contribution in [3.63, 3.8) is 0 Å². The zero-order valence-electron chi connectivity index (χ0n) is 31.6. The molecule has 274 valence electrons. The number of likely N-dealkylation sites (N-methyl/N-ethyl adjacent to an activating group) is 1. The Kier molecular flexibility index (Phi) is 12.0. The van der Waals surface area contributed by atoms with Gasteiger partial charge in [0.2, 0.25) is 11.8 Å². The zero-order chi connectivity index (χ0) is 36.6. The van der Waals surface area contributed by atoms with Gasteiger partial charge >= 0.3 is 0 Å². The summed E-state index contributed by atoms with van der Waals surface area (Å²) in [6, 6.07) is 29.2. The van der Waals surface area contributed by atoms with Crippen LogP contribution in [0.2, 0.25) is 0 Å². The minimum Gasteiger partial charge on any atom is -0.497 e. The summed E-state index contributed by atoms with van der Waals surface area (Å²) in [5, 5.41) is 4.68. The molecule has 2 aromatic heterocycles. The van der Waals surface area contributed by atoms with Crippen molar-refractivity contribution in [2.24, 2.45) is 0 Å². The summed E-state index contributed by atoms with van der Waals surface area (Å²) in [6.07, 6.45) is 8.01. The molecule has 8 nitrogen and oxygen atoms in total. The number of hydrogen-bond donors (Lipinski definition) is 0. The van der Waals surface area contributed by atoms with Gasteiger partial charge in [-0.3, -0.25) is 9.59 Å². The first kappa shape index (κ1) is 36.8. The molecule has 0 saturated heterocycles. The average molecular weight is 703 g/mol. The first-order valence-electron chi connectivity index (χ1n) is 19.1. The van der Waals surface area contributed by atoms with E-state index in [1.54, 1.807) is 14.2 Å². The molecular weight excluding hydrogens is 649 g/mol. The maximum absolute atomic E-state index is 13.3. The quantitative estimate of drug-likeness (QED) is 0.127. The van der Waals surface area contributed by atoms with Crippen LogP contribution >= 0.6 is 0 Å². The van der Waals surface area contributed by atoms with E-state index in [4.69, 9.17) is 9.47 Å². The van der Waals surface area contributed by atoms with Crippen LogP contribution in [-0.2, 0) is 22.7 Å². The fraction of sp³-hybridized carbons (Fsp3) is 0.409. The van der Waals surface area contributed by atoms with Gasteiger partial charge in [0.1, 0.15) is 24.6 Å². The minimum absolute atomic E-state index is 0.175. The summed E-state index contributed by atoms with van der Waals surface area (Å²) in [7, 11) is 3.35. The van der Waals surface area contributed by atoms with Crippen LogP contribution in [0.15, 0.2) is 84.9 Å². The lowest BCUT2D eigenvalue weighted by Crippen LogP contribution is -2.42. The molecule has 0 N–H and O–H groups in total. The van der Waals surface area contributed by atoms with Crippen LogP contribution in [-0.4, -0.2) is 70.6 Å². The summed E-state index contributed by atoms with van der Waals surface area (Å²) >= 11 is 0. The number of amides is 2. The second-order valence-corrected chi connectivity index (χ2v) is 13.8. The number of ether oxygens (including phenoxy) is 2. The van der Waals surface area contributed by atoms with Crippen LogP contribution in [0.3, 0.4) is 0 Å². The Hall–Kier alpha value is -4.98. The van der Waals surface area contributed by atoms with E-state index in [0.29, 0.717) is 19.1 Å². The van der Waals surface area contributed by atoms with E-state index in [9.17, 15) is 9.59 Å². The molecule has 0 aliphatic heterocycles. The first-order valence-corrected chi connectivity index (χ1v) is 19.1. The molecule has 0 spiro atoms. The largest absolute Gasteiger partial charge is 0.497 e. The molecule has 1 saturated carbocycles. The summed E-state index contributed by atoms with van der Waals surface area (Å²) in [5.41, 5.74) is 4.30. The van der Waals surface area contributed by atoms with Crippen molar-refractivity contribution in [2.75, 3.05) is 33.9 Å². The van der Waals surface area contributed by atoms with Crippen LogP contribution in [0, 0.1) is 0 Å². The van der Waals surface area contributed by atoms with Crippen molar-refractivity contribution in [3.05, 3.63) is 84.9 Å². The molecule has 1 fully saturated rings. The number of nitrogens with zero attached hydrogens (tertiary/aromatic N) is 4. The Morgan fingerprint density at radius 1 is 0.615 bits per heavy atom. The third kappa shape index (κ3) is 7.62. The van der Waals surface area contributed by atoms with E-state index >= 15 is 0 Å². The molecule has 7 rings (SSSR count). The standard InChI is InChI=1S/C23H28N2O2.C21H26N2O2/c1-3-24(17-9-5-4-6-10-17)23(26)16-25-21-12-8-7-11-19(21)20-14-13-18(27-2)15-22(20)25;1-4-12-22(13-5-2)21(24)15-23-19-9-7-6-8-17(19)18-11-10-16(25-3)14-20(18)23/h7-8,11-15,17H,3-6,9-10,16H2,1-2H3;6-11,14H,4-5,12-13,15H2,1-3H3. The monoisotopic (exact) mass is 702 g/mol. The van der Waals surface area contributed by atoms with Gasteiger partial charge in [0.15, 0.2) is 0 Å². The van der Waals surface area contributed by atoms with Gasteiger partial charge in [0.25, 0.3) is 0 Å². The maximum Gasteiger partial charge on any atom is 0.242 e. The van der Waals surface area contributed by atoms with Crippen molar-refractivity contribution >= 4 is 55.4 Å². The van der Waals surface area contributed by atoms with Crippen molar-refractivity contribution in [2.45, 2.75) is 84.8 Å². The van der Waals surface area contributed by atoms with Crippen molar-refractivity contribution in [3.8, 4) is 11.5 Å². The second kappa shape index (κ2) is 17.0. The first-order chi connectivity index (χ1) is 25.4. The molecule has 0 unspecified atom stereocenters. The molecule has 0 atom stereocenters.